The van der Waals surface area contributed by atoms with E-state index >= 15 is 0 Å². The van der Waals surface area contributed by atoms with Crippen LogP contribution in [0.15, 0.2) is 54.6 Å². The number of nitrogens with zero attached hydrogens (tertiary/aromatic N) is 2. The number of carbonyl (C=O) groups is 3. The van der Waals surface area contributed by atoms with E-state index in [1.165, 1.54) is 0 Å². The minimum atomic E-state index is -0.359. The second-order valence-corrected chi connectivity index (χ2v) is 7.94. The first-order valence-corrected chi connectivity index (χ1v) is 10.8. The van der Waals surface area contributed by atoms with Crippen LogP contribution in [-0.2, 0) is 20.7 Å². The second kappa shape index (κ2) is 9.64. The molecule has 7 nitrogen and oxygen atoms in total. The van der Waals surface area contributed by atoms with Crippen molar-refractivity contribution in [2.24, 2.45) is 5.92 Å². The van der Waals surface area contributed by atoms with Crippen molar-refractivity contribution in [1.82, 2.24) is 4.90 Å². The Morgan fingerprint density at radius 3 is 2.42 bits per heavy atom. The predicted molar refractivity (Wildman–Crippen MR) is 118 cm³/mol. The molecular formula is C24H27N3O4. The normalized spacial score (nSPS) is 16.4. The number of piperidine rings is 1. The second-order valence-electron chi connectivity index (χ2n) is 7.94. The first kappa shape index (κ1) is 20.9. The number of benzene rings is 2. The first-order valence-electron chi connectivity index (χ1n) is 10.8. The molecule has 0 aliphatic carbocycles. The molecule has 2 aliphatic rings. The topological polar surface area (TPSA) is 79.0 Å². The highest BCUT2D eigenvalue weighted by Gasteiger charge is 2.30. The summed E-state index contributed by atoms with van der Waals surface area (Å²) in [5, 5.41) is 2.86. The van der Waals surface area contributed by atoms with Gasteiger partial charge in [-0.05, 0) is 49.4 Å². The van der Waals surface area contributed by atoms with Crippen LogP contribution in [-0.4, -0.2) is 49.0 Å². The molecule has 0 aromatic heterocycles. The van der Waals surface area contributed by atoms with E-state index in [0.717, 1.165) is 29.8 Å². The zero-order chi connectivity index (χ0) is 21.6. The molecule has 1 N–H and O–H groups in total. The molecule has 1 fully saturated rings. The standard InChI is InChI=1S/C24H27N3O4/c28-22(27-14-6-8-18-7-4-5-11-21(18)27)17-31-23(29)19-12-15-26(16-13-19)24(30)25-20-9-2-1-3-10-20/h1-5,7,9-11,19H,6,8,12-17H2,(H,25,30). The lowest BCUT2D eigenvalue weighted by atomic mass is 9.97. The molecule has 162 valence electrons. The number of amides is 3. The molecule has 3 amide bonds. The van der Waals surface area contributed by atoms with Gasteiger partial charge in [0.1, 0.15) is 0 Å². The molecule has 0 radical (unpaired) electrons. The summed E-state index contributed by atoms with van der Waals surface area (Å²) in [5.74, 6) is -0.843. The lowest BCUT2D eigenvalue weighted by molar-refractivity contribution is -0.153. The summed E-state index contributed by atoms with van der Waals surface area (Å²) in [4.78, 5) is 40.9. The van der Waals surface area contributed by atoms with Crippen LogP contribution in [0.1, 0.15) is 24.8 Å². The third-order valence-corrected chi connectivity index (χ3v) is 5.89. The smallest absolute Gasteiger partial charge is 0.321 e. The van der Waals surface area contributed by atoms with Crippen molar-refractivity contribution < 1.29 is 19.1 Å². The number of ether oxygens (including phenoxy) is 1. The number of nitrogens with one attached hydrogen (secondary N) is 1. The number of hydrogen-bond donors (Lipinski definition) is 1. The fourth-order valence-electron chi connectivity index (χ4n) is 4.16. The summed E-state index contributed by atoms with van der Waals surface area (Å²) in [6, 6.07) is 17.0. The van der Waals surface area contributed by atoms with Crippen molar-refractivity contribution >= 4 is 29.3 Å². The molecule has 1 saturated heterocycles. The highest BCUT2D eigenvalue weighted by molar-refractivity contribution is 5.96. The van der Waals surface area contributed by atoms with E-state index in [2.05, 4.69) is 5.32 Å². The Labute approximate surface area is 182 Å². The molecular weight excluding hydrogens is 394 g/mol. The third kappa shape index (κ3) is 5.05. The van der Waals surface area contributed by atoms with Gasteiger partial charge < -0.3 is 19.9 Å². The Bertz CT molecular complexity index is 939. The summed E-state index contributed by atoms with van der Waals surface area (Å²) in [6.07, 6.45) is 2.92. The van der Waals surface area contributed by atoms with E-state index in [-0.39, 0.29) is 30.4 Å². The largest absolute Gasteiger partial charge is 0.455 e. The summed E-state index contributed by atoms with van der Waals surface area (Å²) < 4.78 is 5.35. The molecule has 2 aromatic carbocycles. The van der Waals surface area contributed by atoms with E-state index < -0.39 is 0 Å². The number of anilines is 2. The molecule has 2 aromatic rings. The molecule has 2 aliphatic heterocycles. The zero-order valence-corrected chi connectivity index (χ0v) is 17.5. The Morgan fingerprint density at radius 2 is 1.65 bits per heavy atom. The summed E-state index contributed by atoms with van der Waals surface area (Å²) in [7, 11) is 0. The van der Waals surface area contributed by atoms with Gasteiger partial charge >= 0.3 is 12.0 Å². The van der Waals surface area contributed by atoms with Crippen LogP contribution in [0, 0.1) is 5.92 Å². The monoisotopic (exact) mass is 421 g/mol. The number of likely N-dealkylation sites (tertiary alicyclic amines) is 1. The van der Waals surface area contributed by atoms with Gasteiger partial charge in [0.05, 0.1) is 5.92 Å². The number of para-hydroxylation sites is 2. The zero-order valence-electron chi connectivity index (χ0n) is 17.5. The average Bonchev–Trinajstić information content (AvgIpc) is 2.82. The van der Waals surface area contributed by atoms with Gasteiger partial charge in [-0.25, -0.2) is 4.79 Å². The van der Waals surface area contributed by atoms with Crippen LogP contribution < -0.4 is 10.2 Å². The van der Waals surface area contributed by atoms with Crippen LogP contribution in [0.2, 0.25) is 0 Å². The lowest BCUT2D eigenvalue weighted by Crippen LogP contribution is -2.43. The third-order valence-electron chi connectivity index (χ3n) is 5.89. The maximum Gasteiger partial charge on any atom is 0.321 e. The SMILES string of the molecule is O=C(OCC(=O)N1CCCc2ccccc21)C1CCN(C(=O)Nc2ccccc2)CC1. The number of hydrogen-bond acceptors (Lipinski definition) is 4. The van der Waals surface area contributed by atoms with E-state index in [1.54, 1.807) is 9.80 Å². The molecule has 4 rings (SSSR count). The predicted octanol–water partition coefficient (Wildman–Crippen LogP) is 3.45. The number of aryl methyl sites for hydroxylation is 1. The van der Waals surface area contributed by atoms with Gasteiger partial charge in [0, 0.05) is 31.0 Å². The van der Waals surface area contributed by atoms with Crippen molar-refractivity contribution in [3.63, 3.8) is 0 Å². The maximum atomic E-state index is 12.7. The van der Waals surface area contributed by atoms with Crippen LogP contribution in [0.25, 0.3) is 0 Å². The van der Waals surface area contributed by atoms with Gasteiger partial charge in [-0.1, -0.05) is 36.4 Å². The molecule has 0 atom stereocenters. The number of esters is 1. The van der Waals surface area contributed by atoms with Gasteiger partial charge in [-0.2, -0.15) is 0 Å². The highest BCUT2D eigenvalue weighted by atomic mass is 16.5. The fourth-order valence-corrected chi connectivity index (χ4v) is 4.16. The molecule has 0 bridgehead atoms. The minimum Gasteiger partial charge on any atom is -0.455 e. The van der Waals surface area contributed by atoms with E-state index in [4.69, 9.17) is 4.74 Å². The Hall–Kier alpha value is -3.35. The van der Waals surface area contributed by atoms with E-state index in [1.807, 2.05) is 54.6 Å². The average molecular weight is 421 g/mol. The minimum absolute atomic E-state index is 0.169. The van der Waals surface area contributed by atoms with Gasteiger partial charge in [-0.15, -0.1) is 0 Å². The number of carbonyl (C=O) groups excluding carboxylic acids is 3. The van der Waals surface area contributed by atoms with Crippen molar-refractivity contribution in [2.45, 2.75) is 25.7 Å². The molecule has 0 unspecified atom stereocenters. The Morgan fingerprint density at radius 1 is 0.935 bits per heavy atom. The van der Waals surface area contributed by atoms with Gasteiger partial charge in [0.2, 0.25) is 0 Å². The lowest BCUT2D eigenvalue weighted by Gasteiger charge is -2.31. The molecule has 0 spiro atoms. The molecule has 7 heteroatoms. The summed E-state index contributed by atoms with van der Waals surface area (Å²) >= 11 is 0. The molecule has 31 heavy (non-hydrogen) atoms. The van der Waals surface area contributed by atoms with Crippen molar-refractivity contribution in [3.05, 3.63) is 60.2 Å². The number of rotatable bonds is 4. The van der Waals surface area contributed by atoms with Crippen molar-refractivity contribution in [3.8, 4) is 0 Å². The van der Waals surface area contributed by atoms with E-state index in [0.29, 0.717) is 32.5 Å². The number of urea groups is 1. The Kier molecular flexibility index (Phi) is 6.50. The van der Waals surface area contributed by atoms with Crippen molar-refractivity contribution in [1.29, 1.82) is 0 Å². The molecule has 2 heterocycles. The van der Waals surface area contributed by atoms with Crippen LogP contribution in [0.5, 0.6) is 0 Å². The van der Waals surface area contributed by atoms with Gasteiger partial charge in [0.25, 0.3) is 5.91 Å². The first-order chi connectivity index (χ1) is 15.1. The van der Waals surface area contributed by atoms with Crippen LogP contribution >= 0.6 is 0 Å². The van der Waals surface area contributed by atoms with Crippen molar-refractivity contribution in [2.75, 3.05) is 36.5 Å². The molecule has 0 saturated carbocycles. The number of fused-ring (bicyclic) bond motifs is 1. The highest BCUT2D eigenvalue weighted by Crippen LogP contribution is 2.27. The van der Waals surface area contributed by atoms with Crippen LogP contribution in [0.4, 0.5) is 16.2 Å². The maximum absolute atomic E-state index is 12.7. The Balaban J connectivity index is 1.23. The quantitative estimate of drug-likeness (QED) is 0.767. The van der Waals surface area contributed by atoms with Gasteiger partial charge in [0.15, 0.2) is 6.61 Å². The summed E-state index contributed by atoms with van der Waals surface area (Å²) in [6.45, 7) is 1.35. The van der Waals surface area contributed by atoms with Gasteiger partial charge in [-0.3, -0.25) is 9.59 Å². The summed E-state index contributed by atoms with van der Waals surface area (Å²) in [5.41, 5.74) is 2.80. The van der Waals surface area contributed by atoms with Crippen LogP contribution in [0.3, 0.4) is 0 Å². The van der Waals surface area contributed by atoms with E-state index in [9.17, 15) is 14.4 Å². The fraction of sp³-hybridized carbons (Fsp3) is 0.375.